The van der Waals surface area contributed by atoms with Crippen molar-refractivity contribution >= 4 is 11.4 Å². The van der Waals surface area contributed by atoms with Gasteiger partial charge in [-0.25, -0.2) is 0 Å². The van der Waals surface area contributed by atoms with Crippen LogP contribution in [0.1, 0.15) is 5.89 Å². The normalized spacial score (nSPS) is 11.0. The molecule has 1 aromatic heterocycles. The van der Waals surface area contributed by atoms with Gasteiger partial charge in [0.2, 0.25) is 11.5 Å². The molecule has 0 atom stereocenters. The van der Waals surface area contributed by atoms with Crippen LogP contribution < -0.4 is 0 Å². The number of aromatic hydroxyl groups is 1. The van der Waals surface area contributed by atoms with Gasteiger partial charge in [0, 0.05) is 11.6 Å². The highest BCUT2D eigenvalue weighted by Gasteiger charge is 2.19. The predicted molar refractivity (Wildman–Crippen MR) is 67.2 cm³/mol. The number of nitro benzene ring substituents is 1. The van der Waals surface area contributed by atoms with Gasteiger partial charge in [0.15, 0.2) is 5.75 Å². The van der Waals surface area contributed by atoms with Gasteiger partial charge in [-0.05, 0) is 12.1 Å². The third-order valence-electron chi connectivity index (χ3n) is 2.35. The first-order chi connectivity index (χ1) is 10.1. The minimum absolute atomic E-state index is 0.00662. The molecule has 2 rings (SSSR count). The minimum Gasteiger partial charge on any atom is -0.502 e. The molecule has 0 aliphatic heterocycles. The van der Waals surface area contributed by atoms with Crippen molar-refractivity contribution in [2.24, 2.45) is 5.16 Å². The summed E-state index contributed by atoms with van der Waals surface area (Å²) in [6.07, 6.45) is 0. The fraction of sp³-hybridized carbons (Fsp3) is 0.0909. The molecule has 0 saturated carbocycles. The van der Waals surface area contributed by atoms with Gasteiger partial charge in [-0.15, -0.1) is 0 Å². The number of aromatic nitrogens is 2. The fourth-order valence-electron chi connectivity index (χ4n) is 1.44. The minimum atomic E-state index is -0.743. The Labute approximate surface area is 117 Å². The molecule has 10 heteroatoms. The van der Waals surface area contributed by atoms with Crippen LogP contribution in [-0.4, -0.2) is 33.0 Å². The van der Waals surface area contributed by atoms with E-state index in [0.717, 1.165) is 12.1 Å². The van der Waals surface area contributed by atoms with E-state index in [9.17, 15) is 15.2 Å². The van der Waals surface area contributed by atoms with Gasteiger partial charge in [-0.2, -0.15) is 10.2 Å². The maximum Gasteiger partial charge on any atom is 0.311 e. The first kappa shape index (κ1) is 13.9. The Kier molecular flexibility index (Phi) is 3.76. The van der Waals surface area contributed by atoms with E-state index in [1.165, 1.54) is 13.2 Å². The highest BCUT2D eigenvalue weighted by atomic mass is 16.6. The molecule has 10 nitrogen and oxygen atoms in total. The van der Waals surface area contributed by atoms with E-state index in [1.807, 2.05) is 0 Å². The fourth-order valence-corrected chi connectivity index (χ4v) is 1.44. The molecule has 21 heavy (non-hydrogen) atoms. The van der Waals surface area contributed by atoms with Crippen molar-refractivity contribution in [3.63, 3.8) is 0 Å². The SMILES string of the molecule is CON=C(C#N)c1nc(-c2ccc(O)c([N+](=O)[O-])c2)no1. The highest BCUT2D eigenvalue weighted by Crippen LogP contribution is 2.30. The predicted octanol–water partition coefficient (Wildman–Crippen LogP) is 1.22. The van der Waals surface area contributed by atoms with E-state index >= 15 is 0 Å². The Morgan fingerprint density at radius 2 is 2.38 bits per heavy atom. The lowest BCUT2D eigenvalue weighted by atomic mass is 10.2. The number of nitro groups is 1. The zero-order valence-corrected chi connectivity index (χ0v) is 10.5. The van der Waals surface area contributed by atoms with Crippen LogP contribution in [0.2, 0.25) is 0 Å². The van der Waals surface area contributed by atoms with Crippen molar-refractivity contribution in [2.75, 3.05) is 7.11 Å². The first-order valence-electron chi connectivity index (χ1n) is 5.40. The van der Waals surface area contributed by atoms with Gasteiger partial charge in [0.1, 0.15) is 13.2 Å². The summed E-state index contributed by atoms with van der Waals surface area (Å²) >= 11 is 0. The molecule has 1 heterocycles. The van der Waals surface area contributed by atoms with E-state index in [1.54, 1.807) is 6.07 Å². The summed E-state index contributed by atoms with van der Waals surface area (Å²) in [5, 5.41) is 35.9. The summed E-state index contributed by atoms with van der Waals surface area (Å²) in [5.74, 6) is -0.664. The molecule has 2 aromatic rings. The first-order valence-corrected chi connectivity index (χ1v) is 5.40. The van der Waals surface area contributed by atoms with Gasteiger partial charge in [0.25, 0.3) is 5.89 Å². The van der Waals surface area contributed by atoms with Gasteiger partial charge in [-0.1, -0.05) is 10.3 Å². The molecule has 0 aliphatic rings. The molecule has 1 aromatic carbocycles. The lowest BCUT2D eigenvalue weighted by Crippen LogP contribution is -1.98. The molecule has 0 unspecified atom stereocenters. The Morgan fingerprint density at radius 1 is 1.62 bits per heavy atom. The number of oxime groups is 1. The average molecular weight is 289 g/mol. The Morgan fingerprint density at radius 3 is 3.00 bits per heavy atom. The average Bonchev–Trinajstić information content (AvgIpc) is 2.94. The largest absolute Gasteiger partial charge is 0.502 e. The van der Waals surface area contributed by atoms with Crippen LogP contribution in [0.5, 0.6) is 5.75 Å². The quantitative estimate of drug-likeness (QED) is 0.501. The zero-order valence-electron chi connectivity index (χ0n) is 10.5. The molecule has 0 saturated heterocycles. The summed E-state index contributed by atoms with van der Waals surface area (Å²) in [6, 6.07) is 5.30. The third-order valence-corrected chi connectivity index (χ3v) is 2.35. The number of phenols is 1. The van der Waals surface area contributed by atoms with Crippen LogP contribution in [0, 0.1) is 21.4 Å². The van der Waals surface area contributed by atoms with Crippen molar-refractivity contribution in [3.8, 4) is 23.2 Å². The molecule has 0 spiro atoms. The highest BCUT2D eigenvalue weighted by molar-refractivity contribution is 6.08. The standard InChI is InChI=1S/C11H7N5O5/c1-20-14-7(5-12)11-13-10(15-21-11)6-2-3-9(17)8(4-6)16(18)19/h2-4,17H,1H3. The summed E-state index contributed by atoms with van der Waals surface area (Å²) in [6.45, 7) is 0. The molecule has 0 aliphatic carbocycles. The van der Waals surface area contributed by atoms with E-state index < -0.39 is 16.4 Å². The van der Waals surface area contributed by atoms with Crippen molar-refractivity contribution in [2.45, 2.75) is 0 Å². The van der Waals surface area contributed by atoms with Crippen LogP contribution in [0.25, 0.3) is 11.4 Å². The van der Waals surface area contributed by atoms with E-state index in [4.69, 9.17) is 9.78 Å². The van der Waals surface area contributed by atoms with Crippen LogP contribution in [0.4, 0.5) is 5.69 Å². The number of phenolic OH excluding ortho intramolecular Hbond substituents is 1. The number of rotatable bonds is 4. The molecule has 0 bridgehead atoms. The summed E-state index contributed by atoms with van der Waals surface area (Å²) < 4.78 is 4.83. The summed E-state index contributed by atoms with van der Waals surface area (Å²) in [7, 11) is 1.25. The van der Waals surface area contributed by atoms with Crippen molar-refractivity contribution in [3.05, 3.63) is 34.2 Å². The topological polar surface area (TPSA) is 148 Å². The van der Waals surface area contributed by atoms with E-state index in [0.29, 0.717) is 0 Å². The van der Waals surface area contributed by atoms with Gasteiger partial charge >= 0.3 is 5.69 Å². The summed E-state index contributed by atoms with van der Waals surface area (Å²) in [5.41, 5.74) is -0.487. The zero-order chi connectivity index (χ0) is 15.4. The van der Waals surface area contributed by atoms with E-state index in [2.05, 4.69) is 20.1 Å². The molecule has 1 N–H and O–H groups in total. The molecular formula is C11H7N5O5. The van der Waals surface area contributed by atoms with Crippen LogP contribution >= 0.6 is 0 Å². The van der Waals surface area contributed by atoms with Crippen LogP contribution in [0.3, 0.4) is 0 Å². The Bertz CT molecular complexity index is 761. The molecule has 0 amide bonds. The molecule has 106 valence electrons. The smallest absolute Gasteiger partial charge is 0.311 e. The summed E-state index contributed by atoms with van der Waals surface area (Å²) in [4.78, 5) is 18.3. The van der Waals surface area contributed by atoms with Gasteiger partial charge in [-0.3, -0.25) is 10.1 Å². The lowest BCUT2D eigenvalue weighted by Gasteiger charge is -1.97. The second-order valence-electron chi connectivity index (χ2n) is 3.62. The lowest BCUT2D eigenvalue weighted by molar-refractivity contribution is -0.385. The molecule has 0 radical (unpaired) electrons. The molecule has 0 fully saturated rings. The maximum atomic E-state index is 10.8. The van der Waals surface area contributed by atoms with Crippen molar-refractivity contribution in [1.82, 2.24) is 10.1 Å². The van der Waals surface area contributed by atoms with Gasteiger partial charge < -0.3 is 14.5 Å². The Hall–Kier alpha value is -3.48. The number of benzene rings is 1. The van der Waals surface area contributed by atoms with Gasteiger partial charge in [0.05, 0.1) is 4.92 Å². The maximum absolute atomic E-state index is 10.8. The number of hydrogen-bond donors (Lipinski definition) is 1. The number of hydrogen-bond acceptors (Lipinski definition) is 9. The third kappa shape index (κ3) is 2.76. The molecular weight excluding hydrogens is 282 g/mol. The van der Waals surface area contributed by atoms with Crippen LogP contribution in [0.15, 0.2) is 27.9 Å². The second kappa shape index (κ2) is 5.66. The number of nitrogens with zero attached hydrogens (tertiary/aromatic N) is 5. The van der Waals surface area contributed by atoms with Crippen molar-refractivity contribution in [1.29, 1.82) is 5.26 Å². The van der Waals surface area contributed by atoms with Crippen LogP contribution in [-0.2, 0) is 4.84 Å². The van der Waals surface area contributed by atoms with Crippen molar-refractivity contribution < 1.29 is 19.4 Å². The second-order valence-corrected chi connectivity index (χ2v) is 3.62. The Balaban J connectivity index is 2.43. The monoisotopic (exact) mass is 289 g/mol. The number of nitriles is 1. The van der Waals surface area contributed by atoms with E-state index in [-0.39, 0.29) is 23.0 Å².